The highest BCUT2D eigenvalue weighted by molar-refractivity contribution is 8.13. The van der Waals surface area contributed by atoms with Crippen molar-refractivity contribution in [3.63, 3.8) is 0 Å². The van der Waals surface area contributed by atoms with Crippen LogP contribution in [0.5, 0.6) is 0 Å². The number of aliphatic imine (C=N–C) groups is 1. The van der Waals surface area contributed by atoms with Gasteiger partial charge in [0.15, 0.2) is 0 Å². The van der Waals surface area contributed by atoms with E-state index in [-0.39, 0.29) is 11.6 Å². The van der Waals surface area contributed by atoms with Crippen molar-refractivity contribution in [2.24, 2.45) is 22.2 Å². The highest BCUT2D eigenvalue weighted by atomic mass is 35.5. The quantitative estimate of drug-likeness (QED) is 0.718. The van der Waals surface area contributed by atoms with Crippen LogP contribution in [0.4, 0.5) is 0 Å². The lowest BCUT2D eigenvalue weighted by Crippen LogP contribution is -2.45. The highest BCUT2D eigenvalue weighted by Gasteiger charge is 2.60. The molecule has 0 spiro atoms. The predicted octanol–water partition coefficient (Wildman–Crippen LogP) is 3.93. The lowest BCUT2D eigenvalue weighted by atomic mass is 9.64. The van der Waals surface area contributed by atoms with E-state index in [1.165, 1.54) is 19.3 Å². The van der Waals surface area contributed by atoms with Gasteiger partial charge in [-0.15, -0.1) is 11.6 Å². The zero-order valence-corrected chi connectivity index (χ0v) is 13.0. The molecule has 3 aliphatic rings. The Bertz CT molecular complexity index is 384. The van der Waals surface area contributed by atoms with E-state index in [0.29, 0.717) is 11.3 Å². The van der Waals surface area contributed by atoms with Crippen molar-refractivity contribution in [2.75, 3.05) is 11.6 Å². The fourth-order valence-corrected chi connectivity index (χ4v) is 5.30. The SMILES string of the molecule is CC1(C)C2CCC(C2)C1(C)N=C1OC(CCl)CS1. The number of halogens is 1. The van der Waals surface area contributed by atoms with Gasteiger partial charge in [0.25, 0.3) is 0 Å². The molecule has 4 atom stereocenters. The first-order chi connectivity index (χ1) is 8.47. The second-order valence-electron chi connectivity index (χ2n) is 6.66. The lowest BCUT2D eigenvalue weighted by molar-refractivity contribution is 0.100. The summed E-state index contributed by atoms with van der Waals surface area (Å²) in [4.78, 5) is 5.04. The number of nitrogens with zero attached hydrogens (tertiary/aromatic N) is 1. The van der Waals surface area contributed by atoms with E-state index >= 15 is 0 Å². The number of hydrogen-bond donors (Lipinski definition) is 0. The normalized spacial score (nSPS) is 47.8. The number of thioether (sulfide) groups is 1. The molecular formula is C14H22ClNOS. The summed E-state index contributed by atoms with van der Waals surface area (Å²) in [6, 6.07) is 0. The maximum atomic E-state index is 5.85. The predicted molar refractivity (Wildman–Crippen MR) is 78.5 cm³/mol. The van der Waals surface area contributed by atoms with Gasteiger partial charge >= 0.3 is 0 Å². The average molecular weight is 288 g/mol. The van der Waals surface area contributed by atoms with E-state index in [4.69, 9.17) is 21.3 Å². The minimum atomic E-state index is 0.0550. The van der Waals surface area contributed by atoms with Crippen LogP contribution in [0.3, 0.4) is 0 Å². The van der Waals surface area contributed by atoms with Crippen LogP contribution in [-0.4, -0.2) is 28.5 Å². The van der Waals surface area contributed by atoms with Crippen LogP contribution < -0.4 is 0 Å². The number of hydrogen-bond acceptors (Lipinski definition) is 3. The van der Waals surface area contributed by atoms with Gasteiger partial charge in [0.1, 0.15) is 6.10 Å². The molecule has 102 valence electrons. The highest BCUT2D eigenvalue weighted by Crippen LogP contribution is 2.63. The van der Waals surface area contributed by atoms with Crippen molar-refractivity contribution in [1.29, 1.82) is 0 Å². The minimum absolute atomic E-state index is 0.0550. The zero-order valence-electron chi connectivity index (χ0n) is 11.4. The second-order valence-corrected chi connectivity index (χ2v) is 7.94. The molecule has 2 aliphatic carbocycles. The van der Waals surface area contributed by atoms with Gasteiger partial charge in [-0.25, -0.2) is 4.99 Å². The third kappa shape index (κ3) is 1.73. The molecule has 4 heteroatoms. The lowest BCUT2D eigenvalue weighted by Gasteiger charge is -2.44. The summed E-state index contributed by atoms with van der Waals surface area (Å²) < 4.78 is 5.82. The Morgan fingerprint density at radius 1 is 1.33 bits per heavy atom. The molecule has 4 unspecified atom stereocenters. The molecule has 1 saturated heterocycles. The Balaban J connectivity index is 1.85. The van der Waals surface area contributed by atoms with Gasteiger partial charge in [0.05, 0.1) is 11.4 Å². The van der Waals surface area contributed by atoms with Crippen molar-refractivity contribution in [3.8, 4) is 0 Å². The molecule has 0 aromatic carbocycles. The summed E-state index contributed by atoms with van der Waals surface area (Å²) in [6.07, 6.45) is 4.23. The molecule has 0 radical (unpaired) electrons. The number of alkyl halides is 1. The van der Waals surface area contributed by atoms with Gasteiger partial charge in [-0.3, -0.25) is 0 Å². The fourth-order valence-electron chi connectivity index (χ4n) is 4.02. The number of ether oxygens (including phenoxy) is 1. The first-order valence-electron chi connectivity index (χ1n) is 6.92. The molecule has 1 aliphatic heterocycles. The van der Waals surface area contributed by atoms with Crippen LogP contribution in [-0.2, 0) is 4.74 Å². The second kappa shape index (κ2) is 4.31. The first-order valence-corrected chi connectivity index (χ1v) is 8.44. The Kier molecular flexibility index (Phi) is 3.14. The van der Waals surface area contributed by atoms with Crippen LogP contribution in [0, 0.1) is 17.3 Å². The Hall–Kier alpha value is 0.110. The van der Waals surface area contributed by atoms with Crippen LogP contribution in [0.1, 0.15) is 40.0 Å². The molecule has 3 rings (SSSR count). The smallest absolute Gasteiger partial charge is 0.246 e. The summed E-state index contributed by atoms with van der Waals surface area (Å²) in [5.41, 5.74) is 0.353. The van der Waals surface area contributed by atoms with E-state index < -0.39 is 0 Å². The molecule has 0 aromatic rings. The Labute approximate surface area is 119 Å². The summed E-state index contributed by atoms with van der Waals surface area (Å²) in [5, 5.41) is 0.878. The maximum Gasteiger partial charge on any atom is 0.246 e. The largest absolute Gasteiger partial charge is 0.468 e. The Morgan fingerprint density at radius 2 is 2.06 bits per heavy atom. The van der Waals surface area contributed by atoms with E-state index in [0.717, 1.165) is 22.8 Å². The van der Waals surface area contributed by atoms with Gasteiger partial charge in [0, 0.05) is 5.75 Å². The topological polar surface area (TPSA) is 21.6 Å². The molecule has 0 amide bonds. The summed E-state index contributed by atoms with van der Waals surface area (Å²) in [5.74, 6) is 3.10. The third-order valence-electron chi connectivity index (χ3n) is 5.71. The molecule has 3 fully saturated rings. The summed E-state index contributed by atoms with van der Waals surface area (Å²) in [6.45, 7) is 7.11. The van der Waals surface area contributed by atoms with Crippen LogP contribution in [0.25, 0.3) is 0 Å². The van der Waals surface area contributed by atoms with Gasteiger partial charge < -0.3 is 4.74 Å². The number of rotatable bonds is 2. The van der Waals surface area contributed by atoms with Crippen molar-refractivity contribution < 1.29 is 4.74 Å². The van der Waals surface area contributed by atoms with Crippen molar-refractivity contribution in [1.82, 2.24) is 0 Å². The number of fused-ring (bicyclic) bond motifs is 2. The van der Waals surface area contributed by atoms with Crippen LogP contribution >= 0.6 is 23.4 Å². The van der Waals surface area contributed by atoms with E-state index in [9.17, 15) is 0 Å². The van der Waals surface area contributed by atoms with Crippen molar-refractivity contribution in [3.05, 3.63) is 0 Å². The average Bonchev–Trinajstić information content (AvgIpc) is 2.99. The zero-order chi connectivity index (χ0) is 13.0. The molecular weight excluding hydrogens is 266 g/mol. The molecule has 2 nitrogen and oxygen atoms in total. The fraction of sp³-hybridized carbons (Fsp3) is 0.929. The van der Waals surface area contributed by atoms with Gasteiger partial charge in [0.2, 0.25) is 5.23 Å². The molecule has 2 saturated carbocycles. The van der Waals surface area contributed by atoms with E-state index in [1.54, 1.807) is 11.8 Å². The van der Waals surface area contributed by atoms with Crippen LogP contribution in [0.2, 0.25) is 0 Å². The molecule has 0 aromatic heterocycles. The monoisotopic (exact) mass is 287 g/mol. The van der Waals surface area contributed by atoms with Gasteiger partial charge in [-0.05, 0) is 43.4 Å². The minimum Gasteiger partial charge on any atom is -0.468 e. The first kappa shape index (κ1) is 13.1. The van der Waals surface area contributed by atoms with E-state index in [1.807, 2.05) is 0 Å². The standard InChI is InChI=1S/C14H22ClNOS/c1-13(2)9-4-5-10(6-9)14(13,3)16-12-17-11(7-15)8-18-12/h9-11H,4-8H2,1-3H3. The molecule has 0 N–H and O–H groups in total. The molecule has 18 heavy (non-hydrogen) atoms. The Morgan fingerprint density at radius 3 is 2.61 bits per heavy atom. The summed E-state index contributed by atoms with van der Waals surface area (Å²) >= 11 is 7.58. The van der Waals surface area contributed by atoms with Gasteiger partial charge in [-0.1, -0.05) is 25.6 Å². The maximum absolute atomic E-state index is 5.85. The van der Waals surface area contributed by atoms with Crippen LogP contribution in [0.15, 0.2) is 4.99 Å². The summed E-state index contributed by atoms with van der Waals surface area (Å²) in [7, 11) is 0. The van der Waals surface area contributed by atoms with Crippen molar-refractivity contribution in [2.45, 2.75) is 51.7 Å². The molecule has 2 bridgehead atoms. The van der Waals surface area contributed by atoms with Gasteiger partial charge in [-0.2, -0.15) is 0 Å². The molecule has 1 heterocycles. The van der Waals surface area contributed by atoms with E-state index in [2.05, 4.69) is 20.8 Å². The van der Waals surface area contributed by atoms with Crippen molar-refractivity contribution >= 4 is 28.6 Å². The third-order valence-corrected chi connectivity index (χ3v) is 7.03.